The molecule has 1 aromatic rings. The fourth-order valence-corrected chi connectivity index (χ4v) is 3.38. The number of hydrogen-bond donors (Lipinski definition) is 2. The smallest absolute Gasteiger partial charge is 0.191 e. The first-order chi connectivity index (χ1) is 11.8. The molecule has 0 aromatic carbocycles. The summed E-state index contributed by atoms with van der Waals surface area (Å²) in [5.74, 6) is 2.31. The summed E-state index contributed by atoms with van der Waals surface area (Å²) >= 11 is 6.26. The van der Waals surface area contributed by atoms with Crippen LogP contribution in [0.2, 0.25) is 5.02 Å². The van der Waals surface area contributed by atoms with Gasteiger partial charge in [-0.05, 0) is 31.9 Å². The van der Waals surface area contributed by atoms with E-state index in [4.69, 9.17) is 21.3 Å². The molecule has 2 unspecified atom stereocenters. The Morgan fingerprint density at radius 3 is 3.08 bits per heavy atom. The zero-order valence-electron chi connectivity index (χ0n) is 14.6. The molecular formula is C17H27ClIN5O. The minimum Gasteiger partial charge on any atom is -0.381 e. The summed E-state index contributed by atoms with van der Waals surface area (Å²) in [7, 11) is 0. The Kier molecular flexibility index (Phi) is 8.51. The quantitative estimate of drug-likeness (QED) is 0.386. The molecule has 8 heteroatoms. The number of ether oxygens (including phenoxy) is 1. The number of nitrogens with one attached hydrogen (secondary N) is 2. The summed E-state index contributed by atoms with van der Waals surface area (Å²) in [5, 5.41) is 7.59. The highest BCUT2D eigenvalue weighted by Crippen LogP contribution is 2.25. The van der Waals surface area contributed by atoms with Crippen molar-refractivity contribution in [3.05, 3.63) is 23.4 Å². The van der Waals surface area contributed by atoms with E-state index in [9.17, 15) is 0 Å². The third kappa shape index (κ3) is 5.86. The van der Waals surface area contributed by atoms with Gasteiger partial charge in [0.1, 0.15) is 5.82 Å². The number of anilines is 1. The lowest BCUT2D eigenvalue weighted by Crippen LogP contribution is -2.45. The predicted octanol–water partition coefficient (Wildman–Crippen LogP) is 2.52. The van der Waals surface area contributed by atoms with Crippen molar-refractivity contribution in [2.45, 2.75) is 25.8 Å². The molecule has 2 saturated heterocycles. The first-order valence-electron chi connectivity index (χ1n) is 8.74. The second-order valence-electron chi connectivity index (χ2n) is 6.33. The van der Waals surface area contributed by atoms with Gasteiger partial charge in [-0.2, -0.15) is 0 Å². The molecule has 1 aromatic heterocycles. The number of rotatable bonds is 5. The number of aromatic nitrogens is 1. The van der Waals surface area contributed by atoms with Crippen molar-refractivity contribution in [3.8, 4) is 0 Å². The van der Waals surface area contributed by atoms with Crippen LogP contribution in [0.4, 0.5) is 5.82 Å². The Morgan fingerprint density at radius 2 is 2.36 bits per heavy atom. The van der Waals surface area contributed by atoms with Crippen LogP contribution in [0, 0.1) is 5.92 Å². The van der Waals surface area contributed by atoms with E-state index < -0.39 is 0 Å². The summed E-state index contributed by atoms with van der Waals surface area (Å²) in [6, 6.07) is 4.10. The zero-order valence-corrected chi connectivity index (χ0v) is 17.7. The van der Waals surface area contributed by atoms with Crippen molar-refractivity contribution in [3.63, 3.8) is 0 Å². The second kappa shape index (κ2) is 10.4. The van der Waals surface area contributed by atoms with E-state index in [0.29, 0.717) is 17.0 Å². The van der Waals surface area contributed by atoms with Crippen LogP contribution in [-0.2, 0) is 4.74 Å². The minimum atomic E-state index is 0. The van der Waals surface area contributed by atoms with Crippen LogP contribution in [0.25, 0.3) is 0 Å². The van der Waals surface area contributed by atoms with E-state index in [1.54, 1.807) is 6.20 Å². The minimum absolute atomic E-state index is 0. The highest BCUT2D eigenvalue weighted by Gasteiger charge is 2.25. The predicted molar refractivity (Wildman–Crippen MR) is 113 cm³/mol. The van der Waals surface area contributed by atoms with Crippen molar-refractivity contribution in [1.29, 1.82) is 0 Å². The topological polar surface area (TPSA) is 61.8 Å². The monoisotopic (exact) mass is 479 g/mol. The molecule has 6 nitrogen and oxygen atoms in total. The average molecular weight is 480 g/mol. The largest absolute Gasteiger partial charge is 0.381 e. The van der Waals surface area contributed by atoms with Crippen molar-refractivity contribution >= 4 is 47.4 Å². The standard InChI is InChI=1S/C17H26ClN5O.HI/c1-2-19-17(21-10-13-6-9-24-12-13)22-14-5-8-23(11-14)16-15(18)4-3-7-20-16;/h3-4,7,13-14H,2,5-6,8-12H2,1H3,(H2,19,21,22);1H. The number of nitrogens with zero attached hydrogens (tertiary/aromatic N) is 3. The van der Waals surface area contributed by atoms with Gasteiger partial charge in [0.25, 0.3) is 0 Å². The first-order valence-corrected chi connectivity index (χ1v) is 9.12. The van der Waals surface area contributed by atoms with E-state index in [1.807, 2.05) is 12.1 Å². The summed E-state index contributed by atoms with van der Waals surface area (Å²) in [5.41, 5.74) is 0. The third-order valence-electron chi connectivity index (χ3n) is 4.44. The summed E-state index contributed by atoms with van der Waals surface area (Å²) < 4.78 is 5.42. The maximum absolute atomic E-state index is 6.26. The number of halogens is 2. The molecule has 25 heavy (non-hydrogen) atoms. The number of aliphatic imine (C=N–C) groups is 1. The van der Waals surface area contributed by atoms with E-state index in [0.717, 1.165) is 64.0 Å². The number of guanidine groups is 1. The van der Waals surface area contributed by atoms with Crippen LogP contribution in [-0.4, -0.2) is 56.4 Å². The molecule has 0 saturated carbocycles. The van der Waals surface area contributed by atoms with Crippen LogP contribution < -0.4 is 15.5 Å². The molecule has 2 aliphatic rings. The van der Waals surface area contributed by atoms with E-state index in [-0.39, 0.29) is 24.0 Å². The number of pyridine rings is 1. The molecule has 2 atom stereocenters. The molecule has 0 amide bonds. The van der Waals surface area contributed by atoms with Gasteiger partial charge in [-0.1, -0.05) is 11.6 Å². The van der Waals surface area contributed by atoms with Crippen molar-refractivity contribution < 1.29 is 4.74 Å². The Bertz CT molecular complexity index is 568. The molecule has 2 N–H and O–H groups in total. The maximum Gasteiger partial charge on any atom is 0.191 e. The lowest BCUT2D eigenvalue weighted by atomic mass is 10.1. The maximum atomic E-state index is 6.26. The molecule has 0 bridgehead atoms. The fourth-order valence-electron chi connectivity index (χ4n) is 3.14. The SMILES string of the molecule is CCNC(=NCC1CCOC1)NC1CCN(c2ncccc2Cl)C1.I. The lowest BCUT2D eigenvalue weighted by Gasteiger charge is -2.20. The van der Waals surface area contributed by atoms with E-state index >= 15 is 0 Å². The highest BCUT2D eigenvalue weighted by atomic mass is 127. The van der Waals surface area contributed by atoms with Crippen molar-refractivity contribution in [2.75, 3.05) is 44.3 Å². The van der Waals surface area contributed by atoms with Crippen molar-refractivity contribution in [1.82, 2.24) is 15.6 Å². The van der Waals surface area contributed by atoms with Gasteiger partial charge in [0.2, 0.25) is 0 Å². The van der Waals surface area contributed by atoms with Crippen LogP contribution >= 0.6 is 35.6 Å². The van der Waals surface area contributed by atoms with Gasteiger partial charge in [-0.15, -0.1) is 24.0 Å². The molecule has 0 radical (unpaired) electrons. The summed E-state index contributed by atoms with van der Waals surface area (Å²) in [6.45, 7) is 7.29. The second-order valence-corrected chi connectivity index (χ2v) is 6.74. The molecule has 2 fully saturated rings. The molecular weight excluding hydrogens is 453 g/mol. The zero-order chi connectivity index (χ0) is 16.8. The van der Waals surface area contributed by atoms with Crippen molar-refractivity contribution in [2.24, 2.45) is 10.9 Å². The molecule has 3 rings (SSSR count). The Morgan fingerprint density at radius 1 is 1.48 bits per heavy atom. The van der Waals surface area contributed by atoms with Gasteiger partial charge in [-0.25, -0.2) is 4.98 Å². The summed E-state index contributed by atoms with van der Waals surface area (Å²) in [4.78, 5) is 11.4. The van der Waals surface area contributed by atoms with Gasteiger partial charge < -0.3 is 20.3 Å². The van der Waals surface area contributed by atoms with E-state index in [1.165, 1.54) is 0 Å². The fraction of sp³-hybridized carbons (Fsp3) is 0.647. The third-order valence-corrected chi connectivity index (χ3v) is 4.74. The van der Waals surface area contributed by atoms with E-state index in [2.05, 4.69) is 27.4 Å². The average Bonchev–Trinajstić information content (AvgIpc) is 3.25. The van der Waals surface area contributed by atoms with Crippen LogP contribution in [0.5, 0.6) is 0 Å². The molecule has 140 valence electrons. The highest BCUT2D eigenvalue weighted by molar-refractivity contribution is 14.0. The normalized spacial score (nSPS) is 23.4. The Labute approximate surface area is 171 Å². The molecule has 0 aliphatic carbocycles. The molecule has 2 aliphatic heterocycles. The van der Waals surface area contributed by atoms with Gasteiger partial charge in [0.15, 0.2) is 5.96 Å². The lowest BCUT2D eigenvalue weighted by molar-refractivity contribution is 0.187. The Hall–Kier alpha value is -0.800. The van der Waals surface area contributed by atoms with Gasteiger partial charge >= 0.3 is 0 Å². The first kappa shape index (κ1) is 20.5. The summed E-state index contributed by atoms with van der Waals surface area (Å²) in [6.07, 6.45) is 3.94. The van der Waals surface area contributed by atoms with Crippen LogP contribution in [0.1, 0.15) is 19.8 Å². The number of hydrogen-bond acceptors (Lipinski definition) is 4. The van der Waals surface area contributed by atoms with Crippen LogP contribution in [0.3, 0.4) is 0 Å². The molecule has 0 spiro atoms. The molecule has 3 heterocycles. The Balaban J connectivity index is 0.00000225. The van der Waals surface area contributed by atoms with Crippen LogP contribution in [0.15, 0.2) is 23.3 Å². The van der Waals surface area contributed by atoms with Gasteiger partial charge in [0.05, 0.1) is 11.6 Å². The van der Waals surface area contributed by atoms with Gasteiger partial charge in [-0.3, -0.25) is 4.99 Å². The van der Waals surface area contributed by atoms with Gasteiger partial charge in [0, 0.05) is 50.9 Å².